The van der Waals surface area contributed by atoms with Crippen molar-refractivity contribution >= 4 is 17.2 Å². The van der Waals surface area contributed by atoms with Crippen molar-refractivity contribution in [3.8, 4) is 0 Å². The Labute approximate surface area is 216 Å². The van der Waals surface area contributed by atoms with Gasteiger partial charge in [-0.05, 0) is 57.4 Å². The average Bonchev–Trinajstić information content (AvgIpc) is 2.83. The second kappa shape index (κ2) is 9.78. The molecule has 0 N–H and O–H groups in total. The zero-order valence-electron chi connectivity index (χ0n) is 22.6. The van der Waals surface area contributed by atoms with E-state index < -0.39 is 0 Å². The Morgan fingerprint density at radius 2 is 0.944 bits per heavy atom. The van der Waals surface area contributed by atoms with Crippen LogP contribution in [0, 0.1) is 10.8 Å². The van der Waals surface area contributed by atoms with Crippen molar-refractivity contribution in [3.63, 3.8) is 0 Å². The zero-order valence-corrected chi connectivity index (χ0v) is 22.6. The molecule has 2 aromatic rings. The van der Waals surface area contributed by atoms with Crippen molar-refractivity contribution < 1.29 is 4.79 Å². The number of hydrogen-bond acceptors (Lipinski definition) is 2. The lowest BCUT2D eigenvalue weighted by Crippen LogP contribution is -2.27. The van der Waals surface area contributed by atoms with Crippen LogP contribution in [0.5, 0.6) is 0 Å². The summed E-state index contributed by atoms with van der Waals surface area (Å²) >= 11 is 0. The lowest BCUT2D eigenvalue weighted by molar-refractivity contribution is -0.114. The highest BCUT2D eigenvalue weighted by Gasteiger charge is 2.33. The normalized spacial score (nSPS) is 16.8. The molecule has 2 heteroatoms. The highest BCUT2D eigenvalue weighted by atomic mass is 16.1. The molecule has 0 saturated heterocycles. The van der Waals surface area contributed by atoms with Crippen molar-refractivity contribution in [3.05, 3.63) is 131 Å². The van der Waals surface area contributed by atoms with Crippen LogP contribution in [0.25, 0.3) is 11.4 Å². The molecule has 1 aliphatic carbocycles. The summed E-state index contributed by atoms with van der Waals surface area (Å²) in [6.07, 6.45) is 12.9. The van der Waals surface area contributed by atoms with E-state index in [-0.39, 0.29) is 16.6 Å². The molecule has 0 radical (unpaired) electrons. The van der Waals surface area contributed by atoms with Gasteiger partial charge >= 0.3 is 0 Å². The summed E-state index contributed by atoms with van der Waals surface area (Å²) in [5, 5.41) is 0. The monoisotopic (exact) mass is 475 g/mol. The van der Waals surface area contributed by atoms with Crippen LogP contribution in [-0.2, 0) is 4.79 Å². The third-order valence-corrected chi connectivity index (χ3v) is 6.66. The molecular weight excluding hydrogens is 438 g/mol. The van der Waals surface area contributed by atoms with E-state index in [2.05, 4.69) is 138 Å². The Morgan fingerprint density at radius 1 is 0.583 bits per heavy atom. The smallest absolute Gasteiger partial charge is 0.186 e. The summed E-state index contributed by atoms with van der Waals surface area (Å²) in [6.45, 7) is 12.7. The van der Waals surface area contributed by atoms with Gasteiger partial charge in [-0.25, -0.2) is 0 Å². The predicted octanol–water partition coefficient (Wildman–Crippen LogP) is 8.39. The van der Waals surface area contributed by atoms with E-state index in [1.807, 2.05) is 12.1 Å². The Kier molecular flexibility index (Phi) is 6.91. The molecule has 36 heavy (non-hydrogen) atoms. The number of allylic oxidation sites excluding steroid dienone is 10. The first-order valence-electron chi connectivity index (χ1n) is 12.6. The Hall–Kier alpha value is -3.65. The minimum atomic E-state index is -0.220. The molecule has 4 rings (SSSR count). The van der Waals surface area contributed by atoms with Crippen molar-refractivity contribution in [1.29, 1.82) is 0 Å². The summed E-state index contributed by atoms with van der Waals surface area (Å²) in [5.74, 6) is 0.164. The highest BCUT2D eigenvalue weighted by molar-refractivity contribution is 6.11. The van der Waals surface area contributed by atoms with Crippen LogP contribution in [-0.4, -0.2) is 17.7 Å². The van der Waals surface area contributed by atoms with Gasteiger partial charge in [-0.2, -0.15) is 0 Å². The van der Waals surface area contributed by atoms with Gasteiger partial charge in [0.2, 0.25) is 0 Å². The third kappa shape index (κ3) is 5.44. The van der Waals surface area contributed by atoms with E-state index >= 15 is 0 Å². The van der Waals surface area contributed by atoms with Gasteiger partial charge in [0, 0.05) is 29.6 Å². The fraction of sp³-hybridized carbons (Fsp3) is 0.265. The van der Waals surface area contributed by atoms with E-state index in [4.69, 9.17) is 0 Å². The van der Waals surface area contributed by atoms with Gasteiger partial charge < -0.3 is 4.90 Å². The molecule has 0 saturated carbocycles. The van der Waals surface area contributed by atoms with E-state index in [1.54, 1.807) is 0 Å². The molecule has 0 amide bonds. The standard InChI is InChI=1S/C34H37NO/c1-33(2,3)28-20-24(21-29(32(28)36)34(4,5)6)18-19-25-22-30(26-14-10-8-11-15-26)35(7)31(23-25)27-16-12-9-13-17-27/h8-23H,1-7H3. The maximum atomic E-state index is 13.3. The maximum absolute atomic E-state index is 13.3. The number of benzene rings is 2. The molecule has 0 aromatic heterocycles. The van der Waals surface area contributed by atoms with Gasteiger partial charge in [-0.15, -0.1) is 0 Å². The van der Waals surface area contributed by atoms with Gasteiger partial charge in [-0.1, -0.05) is 114 Å². The number of carbonyl (C=O) groups is 1. The fourth-order valence-corrected chi connectivity index (χ4v) is 4.60. The topological polar surface area (TPSA) is 20.3 Å². The molecule has 0 atom stereocenters. The Bertz CT molecular complexity index is 1240. The lowest BCUT2D eigenvalue weighted by atomic mass is 9.72. The number of ketones is 1. The van der Waals surface area contributed by atoms with E-state index in [0.717, 1.165) is 33.7 Å². The largest absolute Gasteiger partial charge is 0.344 e. The molecule has 184 valence electrons. The molecule has 1 aliphatic heterocycles. The van der Waals surface area contributed by atoms with Crippen molar-refractivity contribution in [2.45, 2.75) is 41.5 Å². The number of nitrogens with zero attached hydrogens (tertiary/aromatic N) is 1. The third-order valence-electron chi connectivity index (χ3n) is 6.66. The lowest BCUT2D eigenvalue weighted by Gasteiger charge is -2.31. The zero-order chi connectivity index (χ0) is 26.1. The molecule has 1 heterocycles. The van der Waals surface area contributed by atoms with Crippen LogP contribution in [0.15, 0.2) is 119 Å². The van der Waals surface area contributed by atoms with Crippen molar-refractivity contribution in [1.82, 2.24) is 4.90 Å². The minimum absolute atomic E-state index is 0.164. The van der Waals surface area contributed by atoms with Crippen LogP contribution in [0.2, 0.25) is 0 Å². The summed E-state index contributed by atoms with van der Waals surface area (Å²) in [6, 6.07) is 21.0. The first-order chi connectivity index (χ1) is 16.9. The number of carbonyl (C=O) groups excluding carboxylic acids is 1. The summed E-state index contributed by atoms with van der Waals surface area (Å²) in [7, 11) is 2.12. The molecule has 0 unspecified atom stereocenters. The van der Waals surface area contributed by atoms with Crippen molar-refractivity contribution in [2.75, 3.05) is 7.05 Å². The number of rotatable bonds is 3. The summed E-state index contributed by atoms with van der Waals surface area (Å²) in [4.78, 5) is 15.6. The van der Waals surface area contributed by atoms with Crippen LogP contribution >= 0.6 is 0 Å². The van der Waals surface area contributed by atoms with Crippen molar-refractivity contribution in [2.24, 2.45) is 10.8 Å². The minimum Gasteiger partial charge on any atom is -0.344 e. The van der Waals surface area contributed by atoms with Gasteiger partial charge in [0.05, 0.1) is 0 Å². The average molecular weight is 476 g/mol. The van der Waals surface area contributed by atoms with Gasteiger partial charge in [0.25, 0.3) is 0 Å². The summed E-state index contributed by atoms with van der Waals surface area (Å²) in [5.41, 5.74) is 8.11. The number of hydrogen-bond donors (Lipinski definition) is 0. The predicted molar refractivity (Wildman–Crippen MR) is 153 cm³/mol. The second-order valence-electron chi connectivity index (χ2n) is 11.6. The quantitative estimate of drug-likeness (QED) is 0.444. The number of Topliss-reactive ketones (excluding diaryl/α,β-unsaturated/α-hetero) is 1. The molecule has 2 nitrogen and oxygen atoms in total. The first-order valence-corrected chi connectivity index (χ1v) is 12.6. The molecule has 2 aliphatic rings. The second-order valence-corrected chi connectivity index (χ2v) is 11.6. The molecule has 2 aromatic carbocycles. The van der Waals surface area contributed by atoms with E-state index in [0.29, 0.717) is 0 Å². The molecule has 0 spiro atoms. The molecule has 0 bridgehead atoms. The molecular formula is C34H37NO. The van der Waals surface area contributed by atoms with Gasteiger partial charge in [0.1, 0.15) is 0 Å². The SMILES string of the molecule is CN1C(c2ccccc2)=CC(=CC=C2C=C(C(C)(C)C)C(=O)C(C(C)(C)C)=C2)C=C1c1ccccc1. The van der Waals surface area contributed by atoms with Gasteiger partial charge in [0.15, 0.2) is 5.78 Å². The Morgan fingerprint density at radius 3 is 1.31 bits per heavy atom. The van der Waals surface area contributed by atoms with Gasteiger partial charge in [-0.3, -0.25) is 4.79 Å². The summed E-state index contributed by atoms with van der Waals surface area (Å²) < 4.78 is 0. The fourth-order valence-electron chi connectivity index (χ4n) is 4.60. The van der Waals surface area contributed by atoms with E-state index in [1.165, 1.54) is 11.1 Å². The Balaban J connectivity index is 1.84. The van der Waals surface area contributed by atoms with Crippen LogP contribution in [0.3, 0.4) is 0 Å². The van der Waals surface area contributed by atoms with Crippen LogP contribution in [0.4, 0.5) is 0 Å². The maximum Gasteiger partial charge on any atom is 0.186 e. The van der Waals surface area contributed by atoms with E-state index in [9.17, 15) is 4.79 Å². The molecule has 0 fully saturated rings. The van der Waals surface area contributed by atoms with Crippen LogP contribution in [0.1, 0.15) is 52.7 Å². The van der Waals surface area contributed by atoms with Crippen LogP contribution < -0.4 is 0 Å². The first kappa shape index (κ1) is 25.4. The highest BCUT2D eigenvalue weighted by Crippen LogP contribution is 2.39.